The quantitative estimate of drug-likeness (QED) is 0.897. The number of rotatable bonds is 2. The lowest BCUT2D eigenvalue weighted by atomic mass is 9.74. The molecule has 0 aromatic carbocycles. The summed E-state index contributed by atoms with van der Waals surface area (Å²) in [5, 5.41) is 8.09. The highest BCUT2D eigenvalue weighted by molar-refractivity contribution is 5.30. The Hall–Kier alpha value is -1.68. The smallest absolute Gasteiger partial charge is 0.0828 e. The van der Waals surface area contributed by atoms with Crippen LogP contribution in [0.2, 0.25) is 0 Å². The number of nitrogens with two attached hydrogens (primary N) is 1. The molecule has 0 spiro atoms. The van der Waals surface area contributed by atoms with Gasteiger partial charge in [-0.2, -0.15) is 10.2 Å². The molecular formula is C15H20N4. The van der Waals surface area contributed by atoms with Gasteiger partial charge < -0.3 is 10.3 Å². The molecule has 1 aliphatic rings. The molecule has 2 N–H and O–H groups in total. The highest BCUT2D eigenvalue weighted by Crippen LogP contribution is 2.40. The van der Waals surface area contributed by atoms with E-state index in [0.29, 0.717) is 0 Å². The minimum atomic E-state index is 0.154. The van der Waals surface area contributed by atoms with Gasteiger partial charge in [0.25, 0.3) is 0 Å². The van der Waals surface area contributed by atoms with E-state index in [0.717, 1.165) is 25.1 Å². The third-order valence-electron chi connectivity index (χ3n) is 3.89. The van der Waals surface area contributed by atoms with Crippen molar-refractivity contribution in [3.8, 4) is 0 Å². The van der Waals surface area contributed by atoms with E-state index in [1.807, 2.05) is 12.1 Å². The Morgan fingerprint density at radius 1 is 1.42 bits per heavy atom. The molecule has 0 aliphatic heterocycles. The molecule has 0 saturated heterocycles. The average Bonchev–Trinajstić information content (AvgIpc) is 2.72. The second-order valence-corrected chi connectivity index (χ2v) is 6.21. The third kappa shape index (κ3) is 2.40. The SMILES string of the molecule is CC1(C)Cc2c(ccn2Cc2cccnn2)C(N)C1. The minimum Gasteiger partial charge on any atom is -0.345 e. The van der Waals surface area contributed by atoms with Gasteiger partial charge >= 0.3 is 0 Å². The molecule has 0 amide bonds. The largest absolute Gasteiger partial charge is 0.345 e. The molecule has 0 saturated carbocycles. The van der Waals surface area contributed by atoms with Crippen molar-refractivity contribution in [1.82, 2.24) is 14.8 Å². The van der Waals surface area contributed by atoms with Crippen molar-refractivity contribution in [2.24, 2.45) is 11.1 Å². The normalized spacial score (nSPS) is 21.1. The molecule has 2 aromatic rings. The summed E-state index contributed by atoms with van der Waals surface area (Å²) in [7, 11) is 0. The van der Waals surface area contributed by atoms with Crippen LogP contribution in [0.15, 0.2) is 30.6 Å². The van der Waals surface area contributed by atoms with E-state index in [4.69, 9.17) is 5.73 Å². The zero-order valence-corrected chi connectivity index (χ0v) is 11.5. The summed E-state index contributed by atoms with van der Waals surface area (Å²) in [6.07, 6.45) is 5.95. The van der Waals surface area contributed by atoms with E-state index < -0.39 is 0 Å². The second kappa shape index (κ2) is 4.46. The summed E-state index contributed by atoms with van der Waals surface area (Å²) < 4.78 is 2.26. The maximum absolute atomic E-state index is 6.29. The fraction of sp³-hybridized carbons (Fsp3) is 0.467. The van der Waals surface area contributed by atoms with Crippen molar-refractivity contribution < 1.29 is 0 Å². The lowest BCUT2D eigenvalue weighted by molar-refractivity contribution is 0.276. The van der Waals surface area contributed by atoms with Gasteiger partial charge in [-0.1, -0.05) is 13.8 Å². The lowest BCUT2D eigenvalue weighted by Gasteiger charge is -2.34. The fourth-order valence-corrected chi connectivity index (χ4v) is 3.03. The summed E-state index contributed by atoms with van der Waals surface area (Å²) >= 11 is 0. The molecule has 0 bridgehead atoms. The van der Waals surface area contributed by atoms with E-state index in [1.54, 1.807) is 6.20 Å². The van der Waals surface area contributed by atoms with E-state index >= 15 is 0 Å². The van der Waals surface area contributed by atoms with Crippen LogP contribution in [0.3, 0.4) is 0 Å². The van der Waals surface area contributed by atoms with Crippen LogP contribution in [0.4, 0.5) is 0 Å². The molecule has 2 aromatic heterocycles. The molecular weight excluding hydrogens is 236 g/mol. The van der Waals surface area contributed by atoms with Crippen LogP contribution in [0.25, 0.3) is 0 Å². The van der Waals surface area contributed by atoms with Crippen molar-refractivity contribution in [2.75, 3.05) is 0 Å². The van der Waals surface area contributed by atoms with Crippen LogP contribution in [0, 0.1) is 5.41 Å². The maximum Gasteiger partial charge on any atom is 0.0828 e. The molecule has 1 unspecified atom stereocenters. The standard InChI is InChI=1S/C15H20N4/c1-15(2)8-13(16)12-5-7-19(14(12)9-15)10-11-4-3-6-17-18-11/h3-7,13H,8-10,16H2,1-2H3. The first kappa shape index (κ1) is 12.4. The van der Waals surface area contributed by atoms with E-state index in [9.17, 15) is 0 Å². The van der Waals surface area contributed by atoms with Crippen molar-refractivity contribution in [3.05, 3.63) is 47.5 Å². The summed E-state index contributed by atoms with van der Waals surface area (Å²) in [5.41, 5.74) is 10.2. The number of hydrogen-bond acceptors (Lipinski definition) is 3. The van der Waals surface area contributed by atoms with Crippen LogP contribution in [0.1, 0.15) is 43.3 Å². The van der Waals surface area contributed by atoms with E-state index in [1.165, 1.54) is 11.3 Å². The molecule has 2 heterocycles. The van der Waals surface area contributed by atoms with Gasteiger partial charge in [-0.25, -0.2) is 0 Å². The lowest BCUT2D eigenvalue weighted by Crippen LogP contribution is -2.30. The Morgan fingerprint density at radius 3 is 3.00 bits per heavy atom. The zero-order chi connectivity index (χ0) is 13.5. The number of fused-ring (bicyclic) bond motifs is 1. The molecule has 0 radical (unpaired) electrons. The highest BCUT2D eigenvalue weighted by Gasteiger charge is 2.32. The molecule has 4 heteroatoms. The molecule has 4 nitrogen and oxygen atoms in total. The van der Waals surface area contributed by atoms with Gasteiger partial charge in [0.05, 0.1) is 12.2 Å². The second-order valence-electron chi connectivity index (χ2n) is 6.21. The molecule has 1 aliphatic carbocycles. The predicted molar refractivity (Wildman–Crippen MR) is 74.6 cm³/mol. The first-order valence-electron chi connectivity index (χ1n) is 6.75. The molecule has 100 valence electrons. The van der Waals surface area contributed by atoms with Gasteiger partial charge in [0.15, 0.2) is 0 Å². The van der Waals surface area contributed by atoms with Crippen LogP contribution in [0.5, 0.6) is 0 Å². The van der Waals surface area contributed by atoms with E-state index in [2.05, 4.69) is 40.9 Å². The fourth-order valence-electron chi connectivity index (χ4n) is 3.03. The zero-order valence-electron chi connectivity index (χ0n) is 11.5. The van der Waals surface area contributed by atoms with Crippen molar-refractivity contribution in [1.29, 1.82) is 0 Å². The van der Waals surface area contributed by atoms with Gasteiger partial charge in [-0.3, -0.25) is 0 Å². The third-order valence-corrected chi connectivity index (χ3v) is 3.89. The molecule has 19 heavy (non-hydrogen) atoms. The van der Waals surface area contributed by atoms with Gasteiger partial charge in [-0.05, 0) is 42.0 Å². The van der Waals surface area contributed by atoms with Crippen LogP contribution >= 0.6 is 0 Å². The molecule has 1 atom stereocenters. The first-order valence-corrected chi connectivity index (χ1v) is 6.75. The highest BCUT2D eigenvalue weighted by atomic mass is 15.1. The Kier molecular flexibility index (Phi) is 2.90. The summed E-state index contributed by atoms with van der Waals surface area (Å²) in [6, 6.07) is 6.24. The Labute approximate surface area is 113 Å². The molecule has 3 rings (SSSR count). The predicted octanol–water partition coefficient (Wildman–Crippen LogP) is 2.30. The average molecular weight is 256 g/mol. The van der Waals surface area contributed by atoms with E-state index in [-0.39, 0.29) is 11.5 Å². The van der Waals surface area contributed by atoms with Crippen molar-refractivity contribution in [3.63, 3.8) is 0 Å². The van der Waals surface area contributed by atoms with Gasteiger partial charge in [0.2, 0.25) is 0 Å². The van der Waals surface area contributed by atoms with Crippen LogP contribution < -0.4 is 5.73 Å². The Bertz CT molecular complexity index is 571. The minimum absolute atomic E-state index is 0.154. The maximum atomic E-state index is 6.29. The summed E-state index contributed by atoms with van der Waals surface area (Å²) in [4.78, 5) is 0. The number of hydrogen-bond donors (Lipinski definition) is 1. The van der Waals surface area contributed by atoms with Crippen LogP contribution in [-0.2, 0) is 13.0 Å². The monoisotopic (exact) mass is 256 g/mol. The van der Waals surface area contributed by atoms with Crippen molar-refractivity contribution >= 4 is 0 Å². The number of nitrogens with zero attached hydrogens (tertiary/aromatic N) is 3. The van der Waals surface area contributed by atoms with Crippen LogP contribution in [-0.4, -0.2) is 14.8 Å². The van der Waals surface area contributed by atoms with Gasteiger partial charge in [0.1, 0.15) is 0 Å². The Morgan fingerprint density at radius 2 is 2.26 bits per heavy atom. The summed E-state index contributed by atoms with van der Waals surface area (Å²) in [5.74, 6) is 0. The first-order chi connectivity index (χ1) is 9.05. The van der Waals surface area contributed by atoms with Gasteiger partial charge in [0, 0.05) is 24.1 Å². The number of aromatic nitrogens is 3. The van der Waals surface area contributed by atoms with Crippen molar-refractivity contribution in [2.45, 2.75) is 39.3 Å². The Balaban J connectivity index is 1.93. The molecule has 0 fully saturated rings. The van der Waals surface area contributed by atoms with Gasteiger partial charge in [-0.15, -0.1) is 0 Å². The summed E-state index contributed by atoms with van der Waals surface area (Å²) in [6.45, 7) is 5.34. The topological polar surface area (TPSA) is 56.7 Å².